The van der Waals surface area contributed by atoms with Crippen molar-refractivity contribution in [2.75, 3.05) is 44.4 Å². The average Bonchev–Trinajstić information content (AvgIpc) is 3.75. The van der Waals surface area contributed by atoms with Crippen LogP contribution in [-0.4, -0.2) is 63.4 Å². The predicted octanol–water partition coefficient (Wildman–Crippen LogP) is 11.1. The summed E-state index contributed by atoms with van der Waals surface area (Å²) in [4.78, 5) is 51.2. The van der Waals surface area contributed by atoms with Crippen molar-refractivity contribution >= 4 is 51.7 Å². The van der Waals surface area contributed by atoms with Crippen molar-refractivity contribution in [3.05, 3.63) is 116 Å². The minimum absolute atomic E-state index is 0.329. The number of carbonyl (C=O) groups is 4. The lowest BCUT2D eigenvalue weighted by Gasteiger charge is -2.25. The maximum absolute atomic E-state index is 12.7. The molecule has 0 fully saturated rings. The number of fused-ring (bicyclic) bond motifs is 1. The van der Waals surface area contributed by atoms with Crippen LogP contribution in [0.4, 0.5) is 5.69 Å². The van der Waals surface area contributed by atoms with Crippen LogP contribution in [0.5, 0.6) is 0 Å². The lowest BCUT2D eigenvalue weighted by Crippen LogP contribution is -2.25. The van der Waals surface area contributed by atoms with E-state index < -0.39 is 5.97 Å². The van der Waals surface area contributed by atoms with Gasteiger partial charge in [-0.05, 0) is 129 Å². The second-order valence-electron chi connectivity index (χ2n) is 14.0. The van der Waals surface area contributed by atoms with Gasteiger partial charge in [0, 0.05) is 46.8 Å². The van der Waals surface area contributed by atoms with Gasteiger partial charge < -0.3 is 23.8 Å². The van der Waals surface area contributed by atoms with Crippen LogP contribution >= 0.6 is 11.3 Å². The summed E-state index contributed by atoms with van der Waals surface area (Å²) >= 11 is 1.76. The third-order valence-electron chi connectivity index (χ3n) is 9.63. The molecule has 0 unspecified atom stereocenters. The highest BCUT2D eigenvalue weighted by atomic mass is 32.1. The van der Waals surface area contributed by atoms with Gasteiger partial charge in [0.25, 0.3) is 0 Å². The van der Waals surface area contributed by atoms with Gasteiger partial charge in [-0.2, -0.15) is 0 Å². The summed E-state index contributed by atoms with van der Waals surface area (Å²) in [6.45, 7) is 13.7. The molecule has 0 aliphatic rings. The van der Waals surface area contributed by atoms with Crippen molar-refractivity contribution in [3.63, 3.8) is 0 Å². The van der Waals surface area contributed by atoms with Crippen LogP contribution in [0.25, 0.3) is 31.7 Å². The van der Waals surface area contributed by atoms with Crippen molar-refractivity contribution < 1.29 is 38.1 Å². The summed E-state index contributed by atoms with van der Waals surface area (Å²) in [6.07, 6.45) is 14.7. The van der Waals surface area contributed by atoms with E-state index in [1.165, 1.54) is 33.2 Å². The number of benzene rings is 3. The largest absolute Gasteiger partial charge is 0.463 e. The Kier molecular flexibility index (Phi) is 20.0. The number of anilines is 1. The molecular weight excluding hydrogens is 751 g/mol. The number of hydrogen-bond acceptors (Lipinski definition) is 10. The van der Waals surface area contributed by atoms with Gasteiger partial charge in [0.1, 0.15) is 0 Å². The first-order chi connectivity index (χ1) is 28.3. The smallest absolute Gasteiger partial charge is 0.338 e. The number of ether oxygens (including phenoxy) is 4. The molecule has 3 aromatic carbocycles. The normalized spacial score (nSPS) is 10.8. The summed E-state index contributed by atoms with van der Waals surface area (Å²) in [5.41, 5.74) is 4.02. The molecule has 0 aliphatic heterocycles. The molecule has 4 rings (SSSR count). The van der Waals surface area contributed by atoms with E-state index in [1.54, 1.807) is 11.3 Å². The fourth-order valence-electron chi connectivity index (χ4n) is 6.40. The molecule has 4 aromatic rings. The van der Waals surface area contributed by atoms with E-state index in [2.05, 4.69) is 79.2 Å². The maximum atomic E-state index is 12.7. The van der Waals surface area contributed by atoms with Crippen molar-refractivity contribution in [3.8, 4) is 20.9 Å². The van der Waals surface area contributed by atoms with E-state index in [0.29, 0.717) is 32.0 Å². The number of unbranched alkanes of at least 4 members (excludes halogenated alkanes) is 9. The lowest BCUT2D eigenvalue weighted by atomic mass is 10.0. The summed E-state index contributed by atoms with van der Waals surface area (Å²) in [6, 6.07) is 25.2. The number of carbonyl (C=O) groups excluding carboxylic acids is 4. The van der Waals surface area contributed by atoms with Crippen LogP contribution in [-0.2, 0) is 33.3 Å². The van der Waals surface area contributed by atoms with Gasteiger partial charge in [0.2, 0.25) is 0 Å². The molecule has 0 aliphatic carbocycles. The molecule has 0 saturated heterocycles. The predicted molar refractivity (Wildman–Crippen MR) is 234 cm³/mol. The Bertz CT molecular complexity index is 1910. The van der Waals surface area contributed by atoms with E-state index in [9.17, 15) is 19.2 Å². The van der Waals surface area contributed by atoms with E-state index in [4.69, 9.17) is 18.9 Å². The van der Waals surface area contributed by atoms with Gasteiger partial charge in [-0.1, -0.05) is 62.9 Å². The van der Waals surface area contributed by atoms with E-state index in [0.717, 1.165) is 113 Å². The highest BCUT2D eigenvalue weighted by Crippen LogP contribution is 2.36. The number of rotatable bonds is 28. The quantitative estimate of drug-likeness (QED) is 0.0240. The Labute approximate surface area is 347 Å². The van der Waals surface area contributed by atoms with Crippen molar-refractivity contribution in [2.24, 2.45) is 0 Å². The monoisotopic (exact) mass is 807 g/mol. The van der Waals surface area contributed by atoms with Gasteiger partial charge in [0.15, 0.2) is 0 Å². The van der Waals surface area contributed by atoms with Crippen molar-refractivity contribution in [1.29, 1.82) is 0 Å². The minimum atomic E-state index is -0.408. The summed E-state index contributed by atoms with van der Waals surface area (Å²) in [5.74, 6) is -1.49. The fourth-order valence-corrected chi connectivity index (χ4v) is 7.41. The molecule has 58 heavy (non-hydrogen) atoms. The number of thiophene rings is 1. The molecule has 0 spiro atoms. The Morgan fingerprint density at radius 3 is 1.43 bits per heavy atom. The molecule has 0 saturated carbocycles. The molecule has 0 atom stereocenters. The van der Waals surface area contributed by atoms with Crippen LogP contribution in [0.3, 0.4) is 0 Å². The topological polar surface area (TPSA) is 108 Å². The van der Waals surface area contributed by atoms with Crippen molar-refractivity contribution in [2.45, 2.75) is 77.0 Å². The van der Waals surface area contributed by atoms with Crippen LogP contribution in [0.2, 0.25) is 0 Å². The summed E-state index contributed by atoms with van der Waals surface area (Å²) in [7, 11) is 0. The highest BCUT2D eigenvalue weighted by molar-refractivity contribution is 7.18. The molecule has 10 heteroatoms. The molecular formula is C48H57NO8S. The lowest BCUT2D eigenvalue weighted by molar-refractivity contribution is -0.138. The van der Waals surface area contributed by atoms with Gasteiger partial charge in [-0.25, -0.2) is 19.2 Å². The minimum Gasteiger partial charge on any atom is -0.463 e. The molecule has 0 N–H and O–H groups in total. The Balaban J connectivity index is 1.29. The Hall–Kier alpha value is -5.48. The summed E-state index contributed by atoms with van der Waals surface area (Å²) < 4.78 is 20.7. The van der Waals surface area contributed by atoms with Gasteiger partial charge in [-0.15, -0.1) is 11.3 Å². The third-order valence-corrected chi connectivity index (χ3v) is 10.8. The Morgan fingerprint density at radius 2 is 0.914 bits per heavy atom. The van der Waals surface area contributed by atoms with Crippen LogP contribution in [0, 0.1) is 0 Å². The van der Waals surface area contributed by atoms with Crippen LogP contribution in [0.1, 0.15) is 87.4 Å². The zero-order valence-corrected chi connectivity index (χ0v) is 34.4. The summed E-state index contributed by atoms with van der Waals surface area (Å²) in [5, 5.41) is 2.03. The average molecular weight is 808 g/mol. The molecule has 308 valence electrons. The van der Waals surface area contributed by atoms with E-state index >= 15 is 0 Å². The van der Waals surface area contributed by atoms with Crippen molar-refractivity contribution in [1.82, 2.24) is 0 Å². The third kappa shape index (κ3) is 15.8. The second kappa shape index (κ2) is 25.7. The van der Waals surface area contributed by atoms with Crippen LogP contribution < -0.4 is 4.90 Å². The number of nitrogens with zero attached hydrogens (tertiary/aromatic N) is 1. The zero-order chi connectivity index (χ0) is 41.4. The molecule has 0 radical (unpaired) electrons. The van der Waals surface area contributed by atoms with Gasteiger partial charge >= 0.3 is 23.9 Å². The molecule has 1 heterocycles. The van der Waals surface area contributed by atoms with E-state index in [1.807, 2.05) is 18.2 Å². The molecule has 9 nitrogen and oxygen atoms in total. The highest BCUT2D eigenvalue weighted by Gasteiger charge is 2.12. The number of esters is 4. The first kappa shape index (κ1) is 45.2. The Morgan fingerprint density at radius 1 is 0.483 bits per heavy atom. The molecule has 0 amide bonds. The fraction of sp³-hybridized carbons (Fsp3) is 0.375. The first-order valence-electron chi connectivity index (χ1n) is 20.4. The standard InChI is InChI=1S/C48H57NO8S/c1-4-45(50)54-31-15-9-7-13-29-49(30-14-8-10-16-32-55-46(51)5-2)42-25-23-37(24-26-42)43-27-28-44(58-43)40-21-19-39-36-41(22-20-38(39)35-40)48(53)57-34-18-12-11-17-33-56-47(52)6-3/h4-6,19-28,35-36H,1-3,7-18,29-34H2. The second-order valence-corrected chi connectivity index (χ2v) is 15.1. The SMILES string of the molecule is C=CC(=O)OCCCCCCOC(=O)c1ccc2cc(-c3ccc(-c4ccc(N(CCCCCCOC(=O)C=C)CCCCCCOC(=O)C=C)cc4)s3)ccc2c1. The van der Waals surface area contributed by atoms with Gasteiger partial charge in [0.05, 0.1) is 32.0 Å². The molecule has 1 aromatic heterocycles. The molecule has 0 bridgehead atoms. The van der Waals surface area contributed by atoms with Crippen LogP contribution in [0.15, 0.2) is 111 Å². The maximum Gasteiger partial charge on any atom is 0.338 e. The number of hydrogen-bond donors (Lipinski definition) is 0. The van der Waals surface area contributed by atoms with Gasteiger partial charge in [-0.3, -0.25) is 0 Å². The van der Waals surface area contributed by atoms with E-state index in [-0.39, 0.29) is 17.9 Å². The zero-order valence-electron chi connectivity index (χ0n) is 33.6. The first-order valence-corrected chi connectivity index (χ1v) is 21.2.